The fourth-order valence-corrected chi connectivity index (χ4v) is 3.03. The summed E-state index contributed by atoms with van der Waals surface area (Å²) < 4.78 is 0. The first-order valence-electron chi connectivity index (χ1n) is 9.23. The van der Waals surface area contributed by atoms with E-state index >= 15 is 0 Å². The summed E-state index contributed by atoms with van der Waals surface area (Å²) in [5.74, 6) is -0.819. The van der Waals surface area contributed by atoms with Crippen molar-refractivity contribution in [3.8, 4) is 0 Å². The maximum Gasteiger partial charge on any atom is 0.317 e. The second kappa shape index (κ2) is 14.2. The SMILES string of the molecule is CCN1CCN(CCOO)CCN(CCOO)CCN(CC(=O)O)CC1. The lowest BCUT2D eigenvalue weighted by Crippen LogP contribution is -2.47. The summed E-state index contributed by atoms with van der Waals surface area (Å²) >= 11 is 0. The van der Waals surface area contributed by atoms with E-state index in [1.54, 1.807) is 0 Å². The topological polar surface area (TPSA) is 109 Å². The first kappa shape index (κ1) is 23.2. The quantitative estimate of drug-likeness (QED) is 0.352. The monoisotopic (exact) mass is 378 g/mol. The van der Waals surface area contributed by atoms with E-state index in [0.717, 1.165) is 39.3 Å². The summed E-state index contributed by atoms with van der Waals surface area (Å²) in [6, 6.07) is 0. The molecular weight excluding hydrogens is 344 g/mol. The molecule has 1 aliphatic rings. The van der Waals surface area contributed by atoms with Gasteiger partial charge in [0, 0.05) is 65.4 Å². The number of likely N-dealkylation sites (N-methyl/N-ethyl adjacent to an activating group) is 1. The van der Waals surface area contributed by atoms with Gasteiger partial charge in [0.25, 0.3) is 0 Å². The molecule has 0 aromatic carbocycles. The van der Waals surface area contributed by atoms with Gasteiger partial charge in [-0.15, -0.1) is 0 Å². The van der Waals surface area contributed by atoms with Crippen LogP contribution in [0.5, 0.6) is 0 Å². The van der Waals surface area contributed by atoms with Crippen LogP contribution in [0.25, 0.3) is 0 Å². The number of carboxylic acids is 1. The summed E-state index contributed by atoms with van der Waals surface area (Å²) in [5, 5.41) is 26.4. The second-order valence-electron chi connectivity index (χ2n) is 6.45. The highest BCUT2D eigenvalue weighted by Crippen LogP contribution is 2.01. The molecule has 26 heavy (non-hydrogen) atoms. The summed E-state index contributed by atoms with van der Waals surface area (Å²) in [5.41, 5.74) is 0. The van der Waals surface area contributed by atoms with Crippen LogP contribution in [0.4, 0.5) is 0 Å². The molecule has 1 heterocycles. The zero-order valence-corrected chi connectivity index (χ0v) is 15.8. The van der Waals surface area contributed by atoms with Crippen molar-refractivity contribution in [3.05, 3.63) is 0 Å². The maximum atomic E-state index is 11.1. The van der Waals surface area contributed by atoms with Gasteiger partial charge in [0.05, 0.1) is 19.8 Å². The largest absolute Gasteiger partial charge is 0.480 e. The molecule has 0 aromatic heterocycles. The van der Waals surface area contributed by atoms with Crippen LogP contribution >= 0.6 is 0 Å². The highest BCUT2D eigenvalue weighted by molar-refractivity contribution is 5.69. The molecule has 0 unspecified atom stereocenters. The Morgan fingerprint density at radius 1 is 0.769 bits per heavy atom. The minimum absolute atomic E-state index is 0.0296. The molecule has 0 bridgehead atoms. The third-order valence-electron chi connectivity index (χ3n) is 4.73. The molecule has 1 rings (SSSR count). The molecule has 1 fully saturated rings. The highest BCUT2D eigenvalue weighted by atomic mass is 17.1. The van der Waals surface area contributed by atoms with Gasteiger partial charge in [-0.3, -0.25) is 30.0 Å². The zero-order valence-electron chi connectivity index (χ0n) is 15.8. The Morgan fingerprint density at radius 2 is 1.15 bits per heavy atom. The number of aliphatic carboxylic acids is 1. The van der Waals surface area contributed by atoms with Crippen molar-refractivity contribution in [1.29, 1.82) is 0 Å². The van der Waals surface area contributed by atoms with Gasteiger partial charge < -0.3 is 10.0 Å². The third-order valence-corrected chi connectivity index (χ3v) is 4.73. The van der Waals surface area contributed by atoms with Crippen molar-refractivity contribution in [2.75, 3.05) is 91.8 Å². The van der Waals surface area contributed by atoms with Crippen molar-refractivity contribution in [2.24, 2.45) is 0 Å². The lowest BCUT2D eigenvalue weighted by atomic mass is 10.3. The molecule has 0 aromatic rings. The van der Waals surface area contributed by atoms with Gasteiger partial charge in [0.2, 0.25) is 0 Å². The molecule has 0 saturated carbocycles. The van der Waals surface area contributed by atoms with Crippen LogP contribution in [0.15, 0.2) is 0 Å². The number of rotatable bonds is 9. The lowest BCUT2D eigenvalue weighted by Gasteiger charge is -2.33. The zero-order chi connectivity index (χ0) is 19.2. The molecule has 0 spiro atoms. The standard InChI is InChI=1S/C16H34N4O6/c1-2-17-3-5-18(11-13-25-23)6-7-19(12-14-26-24)8-10-20(9-4-17)15-16(21)22/h23-24H,2-15H2,1H3,(H,21,22). The molecule has 1 aliphatic heterocycles. The predicted octanol–water partition coefficient (Wildman–Crippen LogP) is -0.708. The fourth-order valence-electron chi connectivity index (χ4n) is 3.03. The van der Waals surface area contributed by atoms with E-state index < -0.39 is 5.97 Å². The van der Waals surface area contributed by atoms with E-state index in [1.165, 1.54) is 0 Å². The molecule has 0 aliphatic carbocycles. The van der Waals surface area contributed by atoms with Crippen LogP contribution in [0.2, 0.25) is 0 Å². The van der Waals surface area contributed by atoms with E-state index in [9.17, 15) is 4.79 Å². The summed E-state index contributed by atoms with van der Waals surface area (Å²) in [6.45, 7) is 10.9. The Hall–Kier alpha value is -0.850. The van der Waals surface area contributed by atoms with Crippen molar-refractivity contribution in [1.82, 2.24) is 19.6 Å². The molecule has 0 amide bonds. The molecule has 154 valence electrons. The van der Waals surface area contributed by atoms with Crippen LogP contribution in [0.1, 0.15) is 6.92 Å². The predicted molar refractivity (Wildman–Crippen MR) is 96.2 cm³/mol. The Kier molecular flexibility index (Phi) is 12.7. The van der Waals surface area contributed by atoms with Gasteiger partial charge in [-0.05, 0) is 6.54 Å². The fraction of sp³-hybridized carbons (Fsp3) is 0.938. The second-order valence-corrected chi connectivity index (χ2v) is 6.45. The molecule has 10 nitrogen and oxygen atoms in total. The Bertz CT molecular complexity index is 377. The van der Waals surface area contributed by atoms with Crippen LogP contribution in [-0.2, 0) is 14.6 Å². The number of hydrogen-bond acceptors (Lipinski definition) is 9. The van der Waals surface area contributed by atoms with Gasteiger partial charge in [-0.1, -0.05) is 6.92 Å². The van der Waals surface area contributed by atoms with Crippen LogP contribution in [0.3, 0.4) is 0 Å². The highest BCUT2D eigenvalue weighted by Gasteiger charge is 2.17. The Labute approximate surface area is 155 Å². The average molecular weight is 378 g/mol. The smallest absolute Gasteiger partial charge is 0.317 e. The van der Waals surface area contributed by atoms with E-state index in [4.69, 9.17) is 15.6 Å². The maximum absolute atomic E-state index is 11.1. The number of nitrogens with zero attached hydrogens (tertiary/aromatic N) is 4. The van der Waals surface area contributed by atoms with Crippen molar-refractivity contribution in [3.63, 3.8) is 0 Å². The minimum atomic E-state index is -0.819. The van der Waals surface area contributed by atoms with E-state index in [2.05, 4.69) is 31.4 Å². The van der Waals surface area contributed by atoms with E-state index in [-0.39, 0.29) is 19.8 Å². The van der Waals surface area contributed by atoms with Crippen LogP contribution < -0.4 is 0 Å². The normalized spacial score (nSPS) is 20.6. The number of carbonyl (C=O) groups is 1. The van der Waals surface area contributed by atoms with Gasteiger partial charge in [0.15, 0.2) is 0 Å². The summed E-state index contributed by atoms with van der Waals surface area (Å²) in [4.78, 5) is 28.2. The summed E-state index contributed by atoms with van der Waals surface area (Å²) in [7, 11) is 0. The Balaban J connectivity index is 2.72. The Morgan fingerprint density at radius 3 is 1.50 bits per heavy atom. The van der Waals surface area contributed by atoms with E-state index in [0.29, 0.717) is 32.7 Å². The first-order valence-corrected chi connectivity index (χ1v) is 9.23. The van der Waals surface area contributed by atoms with Crippen LogP contribution in [0, 0.1) is 0 Å². The molecule has 0 atom stereocenters. The van der Waals surface area contributed by atoms with Gasteiger partial charge in [0.1, 0.15) is 0 Å². The van der Waals surface area contributed by atoms with Gasteiger partial charge >= 0.3 is 5.97 Å². The van der Waals surface area contributed by atoms with Crippen LogP contribution in [-0.4, -0.2) is 133 Å². The van der Waals surface area contributed by atoms with Crippen molar-refractivity contribution >= 4 is 5.97 Å². The third kappa shape index (κ3) is 10.3. The first-order chi connectivity index (χ1) is 12.6. The van der Waals surface area contributed by atoms with Gasteiger partial charge in [-0.2, -0.15) is 0 Å². The van der Waals surface area contributed by atoms with E-state index in [1.807, 2.05) is 4.90 Å². The molecule has 3 N–H and O–H groups in total. The molecule has 1 saturated heterocycles. The van der Waals surface area contributed by atoms with Crippen molar-refractivity contribution in [2.45, 2.75) is 6.92 Å². The summed E-state index contributed by atoms with van der Waals surface area (Å²) in [6.07, 6.45) is 0. The van der Waals surface area contributed by atoms with Gasteiger partial charge in [-0.25, -0.2) is 9.78 Å². The average Bonchev–Trinajstić information content (AvgIpc) is 2.62. The molecule has 10 heteroatoms. The molecule has 0 radical (unpaired) electrons. The minimum Gasteiger partial charge on any atom is -0.480 e. The molecular formula is C16H34N4O6. The number of carboxylic acid groups (broad SMARTS) is 1. The number of hydrogen-bond donors (Lipinski definition) is 3. The lowest BCUT2D eigenvalue weighted by molar-refractivity contribution is -0.245. The van der Waals surface area contributed by atoms with Crippen molar-refractivity contribution < 1.29 is 30.2 Å².